The number of benzene rings is 1. The number of amides is 1. The lowest BCUT2D eigenvalue weighted by molar-refractivity contribution is -0.125. The van der Waals surface area contributed by atoms with Gasteiger partial charge in [-0.25, -0.2) is 4.39 Å². The molecule has 2 aromatic heterocycles. The van der Waals surface area contributed by atoms with Crippen molar-refractivity contribution in [1.82, 2.24) is 15.5 Å². The van der Waals surface area contributed by atoms with Gasteiger partial charge in [-0.15, -0.1) is 10.2 Å². The van der Waals surface area contributed by atoms with E-state index in [-0.39, 0.29) is 17.6 Å². The standard InChI is InChI=1S/C23H25FN4O2S/c24-18-4-1-7-20(16-18)31-22-9-8-21(26-27-22)28-13-10-17(11-14-28)23(29)25-12-2-5-19-6-3-15-30-19/h1,3-4,6-9,15-17H,2,5,10-14H2,(H,25,29). The maximum atomic E-state index is 13.3. The largest absolute Gasteiger partial charge is 0.469 e. The summed E-state index contributed by atoms with van der Waals surface area (Å²) < 4.78 is 18.6. The molecule has 1 aromatic carbocycles. The van der Waals surface area contributed by atoms with E-state index in [1.807, 2.05) is 30.3 Å². The van der Waals surface area contributed by atoms with E-state index in [1.54, 1.807) is 12.3 Å². The number of anilines is 1. The smallest absolute Gasteiger partial charge is 0.223 e. The molecule has 6 nitrogen and oxygen atoms in total. The molecule has 1 aliphatic rings. The highest BCUT2D eigenvalue weighted by molar-refractivity contribution is 7.99. The van der Waals surface area contributed by atoms with Gasteiger partial charge >= 0.3 is 0 Å². The van der Waals surface area contributed by atoms with Crippen molar-refractivity contribution in [3.05, 3.63) is 66.4 Å². The molecule has 0 atom stereocenters. The third-order valence-corrected chi connectivity index (χ3v) is 6.23. The summed E-state index contributed by atoms with van der Waals surface area (Å²) in [5, 5.41) is 12.4. The number of aryl methyl sites for hydroxylation is 1. The van der Waals surface area contributed by atoms with Gasteiger partial charge in [0.15, 0.2) is 5.82 Å². The van der Waals surface area contributed by atoms with Gasteiger partial charge in [-0.05, 0) is 61.7 Å². The van der Waals surface area contributed by atoms with Crippen molar-refractivity contribution in [2.45, 2.75) is 35.6 Å². The van der Waals surface area contributed by atoms with Crippen LogP contribution < -0.4 is 10.2 Å². The highest BCUT2D eigenvalue weighted by atomic mass is 32.2. The van der Waals surface area contributed by atoms with Gasteiger partial charge in [0.1, 0.15) is 16.6 Å². The van der Waals surface area contributed by atoms with E-state index in [1.165, 1.54) is 23.9 Å². The fourth-order valence-corrected chi connectivity index (χ4v) is 4.41. The molecule has 4 rings (SSSR count). The minimum absolute atomic E-state index is 0.0376. The van der Waals surface area contributed by atoms with Crippen molar-refractivity contribution >= 4 is 23.5 Å². The second-order valence-corrected chi connectivity index (χ2v) is 8.62. The number of aromatic nitrogens is 2. The van der Waals surface area contributed by atoms with Crippen LogP contribution in [0, 0.1) is 11.7 Å². The van der Waals surface area contributed by atoms with Crippen LogP contribution in [0.5, 0.6) is 0 Å². The number of piperidine rings is 1. The lowest BCUT2D eigenvalue weighted by atomic mass is 9.96. The van der Waals surface area contributed by atoms with E-state index in [2.05, 4.69) is 20.4 Å². The molecule has 0 spiro atoms. The first-order valence-corrected chi connectivity index (χ1v) is 11.3. The SMILES string of the molecule is O=C(NCCCc1ccco1)C1CCN(c2ccc(Sc3cccc(F)c3)nn2)CC1. The van der Waals surface area contributed by atoms with Gasteiger partial charge in [0.25, 0.3) is 0 Å². The van der Waals surface area contributed by atoms with Crippen molar-refractivity contribution in [3.63, 3.8) is 0 Å². The Morgan fingerprint density at radius 1 is 1.16 bits per heavy atom. The second-order valence-electron chi connectivity index (χ2n) is 7.52. The monoisotopic (exact) mass is 440 g/mol. The van der Waals surface area contributed by atoms with Crippen LogP contribution in [0.1, 0.15) is 25.0 Å². The molecule has 1 fully saturated rings. The molecule has 0 radical (unpaired) electrons. The molecular weight excluding hydrogens is 415 g/mol. The molecule has 0 saturated carbocycles. The average molecular weight is 441 g/mol. The lowest BCUT2D eigenvalue weighted by Crippen LogP contribution is -2.41. The van der Waals surface area contributed by atoms with Gasteiger partial charge in [-0.3, -0.25) is 4.79 Å². The van der Waals surface area contributed by atoms with E-state index in [9.17, 15) is 9.18 Å². The van der Waals surface area contributed by atoms with E-state index in [0.717, 1.165) is 60.3 Å². The van der Waals surface area contributed by atoms with Gasteiger partial charge in [0.05, 0.1) is 6.26 Å². The first kappa shape index (κ1) is 21.4. The number of carbonyl (C=O) groups excluding carboxylic acids is 1. The zero-order chi connectivity index (χ0) is 21.5. The van der Waals surface area contributed by atoms with Crippen molar-refractivity contribution in [2.75, 3.05) is 24.5 Å². The highest BCUT2D eigenvalue weighted by Crippen LogP contribution is 2.27. The molecule has 0 unspecified atom stereocenters. The molecule has 1 aliphatic heterocycles. The normalized spacial score (nSPS) is 14.5. The van der Waals surface area contributed by atoms with Gasteiger partial charge in [-0.1, -0.05) is 17.8 Å². The summed E-state index contributed by atoms with van der Waals surface area (Å²) in [6, 6.07) is 14.1. The van der Waals surface area contributed by atoms with Crippen molar-refractivity contribution in [3.8, 4) is 0 Å². The highest BCUT2D eigenvalue weighted by Gasteiger charge is 2.25. The summed E-state index contributed by atoms with van der Waals surface area (Å²) in [6.45, 7) is 2.21. The number of carbonyl (C=O) groups is 1. The molecule has 1 N–H and O–H groups in total. The Kier molecular flexibility index (Phi) is 7.19. The Morgan fingerprint density at radius 3 is 2.74 bits per heavy atom. The average Bonchev–Trinajstić information content (AvgIpc) is 3.31. The second kappa shape index (κ2) is 10.4. The van der Waals surface area contributed by atoms with Crippen LogP contribution in [-0.4, -0.2) is 35.7 Å². The van der Waals surface area contributed by atoms with E-state index in [4.69, 9.17) is 4.42 Å². The predicted molar refractivity (Wildman–Crippen MR) is 118 cm³/mol. The van der Waals surface area contributed by atoms with Gasteiger partial charge in [0.2, 0.25) is 5.91 Å². The molecule has 1 amide bonds. The van der Waals surface area contributed by atoms with Crippen LogP contribution in [-0.2, 0) is 11.2 Å². The summed E-state index contributed by atoms with van der Waals surface area (Å²) in [5.41, 5.74) is 0. The molecule has 31 heavy (non-hydrogen) atoms. The van der Waals surface area contributed by atoms with Crippen molar-refractivity contribution in [2.24, 2.45) is 5.92 Å². The van der Waals surface area contributed by atoms with Gasteiger partial charge in [0, 0.05) is 36.9 Å². The quantitative estimate of drug-likeness (QED) is 0.526. The summed E-state index contributed by atoms with van der Waals surface area (Å²) in [7, 11) is 0. The van der Waals surface area contributed by atoms with Crippen LogP contribution >= 0.6 is 11.8 Å². The number of halogens is 1. The zero-order valence-corrected chi connectivity index (χ0v) is 18.0. The van der Waals surface area contributed by atoms with Gasteiger partial charge < -0.3 is 14.6 Å². The van der Waals surface area contributed by atoms with E-state index in [0.29, 0.717) is 6.54 Å². The van der Waals surface area contributed by atoms with E-state index >= 15 is 0 Å². The Hall–Kier alpha value is -2.87. The third kappa shape index (κ3) is 6.07. The van der Waals surface area contributed by atoms with Gasteiger partial charge in [-0.2, -0.15) is 0 Å². The number of hydrogen-bond donors (Lipinski definition) is 1. The minimum Gasteiger partial charge on any atom is -0.469 e. The van der Waals surface area contributed by atoms with Crippen LogP contribution in [0.4, 0.5) is 10.2 Å². The molecule has 0 aliphatic carbocycles. The maximum Gasteiger partial charge on any atom is 0.223 e. The summed E-state index contributed by atoms with van der Waals surface area (Å²) in [5.74, 6) is 1.66. The fourth-order valence-electron chi connectivity index (χ4n) is 3.63. The van der Waals surface area contributed by atoms with Crippen LogP contribution in [0.25, 0.3) is 0 Å². The summed E-state index contributed by atoms with van der Waals surface area (Å²) in [4.78, 5) is 15.4. The maximum absolute atomic E-state index is 13.3. The summed E-state index contributed by atoms with van der Waals surface area (Å²) >= 11 is 1.38. The molecule has 8 heteroatoms. The number of hydrogen-bond acceptors (Lipinski definition) is 6. The molecule has 0 bridgehead atoms. The van der Waals surface area contributed by atoms with Crippen LogP contribution in [0.3, 0.4) is 0 Å². The van der Waals surface area contributed by atoms with Crippen LogP contribution in [0.2, 0.25) is 0 Å². The fraction of sp³-hybridized carbons (Fsp3) is 0.348. The molecule has 162 valence electrons. The first-order chi connectivity index (χ1) is 15.2. The zero-order valence-electron chi connectivity index (χ0n) is 17.2. The lowest BCUT2D eigenvalue weighted by Gasteiger charge is -2.31. The molecule has 1 saturated heterocycles. The number of nitrogens with zero attached hydrogens (tertiary/aromatic N) is 3. The summed E-state index contributed by atoms with van der Waals surface area (Å²) in [6.07, 6.45) is 4.96. The van der Waals surface area contributed by atoms with E-state index < -0.39 is 0 Å². The third-order valence-electron chi connectivity index (χ3n) is 5.31. The first-order valence-electron chi connectivity index (χ1n) is 10.5. The van der Waals surface area contributed by atoms with Crippen LogP contribution in [0.15, 0.2) is 69.1 Å². The molecule has 3 aromatic rings. The number of nitrogens with one attached hydrogen (secondary N) is 1. The predicted octanol–water partition coefficient (Wildman–Crippen LogP) is 4.33. The number of rotatable bonds is 8. The topological polar surface area (TPSA) is 71.3 Å². The number of furan rings is 1. The Morgan fingerprint density at radius 2 is 2.03 bits per heavy atom. The van der Waals surface area contributed by atoms with Crippen molar-refractivity contribution in [1.29, 1.82) is 0 Å². The minimum atomic E-state index is -0.265. The molecule has 3 heterocycles. The Balaban J connectivity index is 1.20. The van der Waals surface area contributed by atoms with Crippen molar-refractivity contribution < 1.29 is 13.6 Å². The Bertz CT molecular complexity index is 974. The molecular formula is C23H25FN4O2S. The Labute approximate surface area is 185 Å².